The van der Waals surface area contributed by atoms with Crippen molar-refractivity contribution in [2.24, 2.45) is 0 Å². The predicted molar refractivity (Wildman–Crippen MR) is 159 cm³/mol. The predicted octanol–water partition coefficient (Wildman–Crippen LogP) is 7.84. The van der Waals surface area contributed by atoms with E-state index in [1.54, 1.807) is 24.3 Å². The van der Waals surface area contributed by atoms with Crippen LogP contribution in [0.1, 0.15) is 79.1 Å². The topological polar surface area (TPSA) is 74.8 Å². The lowest BCUT2D eigenvalue weighted by molar-refractivity contribution is 0.394. The maximum atomic E-state index is 14.0. The van der Waals surface area contributed by atoms with Crippen molar-refractivity contribution in [2.75, 3.05) is 26.2 Å². The molecule has 0 aliphatic heterocycles. The van der Waals surface area contributed by atoms with Crippen LogP contribution in [-0.2, 0) is 20.0 Å². The van der Waals surface area contributed by atoms with Gasteiger partial charge in [-0.25, -0.2) is 16.8 Å². The van der Waals surface area contributed by atoms with E-state index in [0.29, 0.717) is 37.3 Å². The van der Waals surface area contributed by atoms with Gasteiger partial charge in [0, 0.05) is 47.4 Å². The molecule has 0 saturated carbocycles. The van der Waals surface area contributed by atoms with Gasteiger partial charge >= 0.3 is 0 Å². The molecule has 2 rings (SSSR count). The largest absolute Gasteiger partial charge is 0.243 e. The number of rotatable bonds is 17. The Morgan fingerprint density at radius 3 is 1.11 bits per heavy atom. The van der Waals surface area contributed by atoms with Gasteiger partial charge in [-0.2, -0.15) is 8.61 Å². The summed E-state index contributed by atoms with van der Waals surface area (Å²) in [5.74, 6) is 0. The number of halogens is 2. The van der Waals surface area contributed by atoms with Gasteiger partial charge in [0.1, 0.15) is 0 Å². The zero-order valence-electron chi connectivity index (χ0n) is 23.0. The Labute approximate surface area is 240 Å². The third-order valence-electron chi connectivity index (χ3n) is 6.46. The molecule has 0 fully saturated rings. The van der Waals surface area contributed by atoms with E-state index in [2.05, 4.69) is 0 Å². The summed E-state index contributed by atoms with van der Waals surface area (Å²) in [5.41, 5.74) is 0.599. The third kappa shape index (κ3) is 8.42. The molecular weight excluding hydrogens is 563 g/mol. The molecule has 0 bridgehead atoms. The van der Waals surface area contributed by atoms with Gasteiger partial charge in [0.15, 0.2) is 0 Å². The van der Waals surface area contributed by atoms with E-state index in [-0.39, 0.29) is 19.8 Å². The molecule has 0 atom stereocenters. The van der Waals surface area contributed by atoms with E-state index < -0.39 is 20.0 Å². The molecule has 6 nitrogen and oxygen atoms in total. The Balaban J connectivity index is 2.76. The highest BCUT2D eigenvalue weighted by Gasteiger charge is 2.32. The Morgan fingerprint density at radius 1 is 0.553 bits per heavy atom. The molecule has 0 aromatic heterocycles. The van der Waals surface area contributed by atoms with Crippen molar-refractivity contribution in [3.63, 3.8) is 0 Å². The van der Waals surface area contributed by atoms with Crippen molar-refractivity contribution in [1.29, 1.82) is 0 Å². The Morgan fingerprint density at radius 2 is 0.842 bits per heavy atom. The van der Waals surface area contributed by atoms with Crippen LogP contribution in [0.15, 0.2) is 46.2 Å². The Bertz CT molecular complexity index is 1140. The fourth-order valence-electron chi connectivity index (χ4n) is 4.18. The summed E-state index contributed by atoms with van der Waals surface area (Å²) in [4.78, 5) is 0.00860. The summed E-state index contributed by atoms with van der Waals surface area (Å²) in [5, 5.41) is 0.535. The van der Waals surface area contributed by atoms with Crippen LogP contribution in [0.4, 0.5) is 0 Å². The monoisotopic (exact) mass is 604 g/mol. The molecule has 2 aromatic rings. The lowest BCUT2D eigenvalue weighted by atomic mass is 10.1. The smallest absolute Gasteiger partial charge is 0.207 e. The van der Waals surface area contributed by atoms with Crippen molar-refractivity contribution in [3.05, 3.63) is 46.4 Å². The summed E-state index contributed by atoms with van der Waals surface area (Å²) in [6.45, 7) is 9.62. The molecule has 0 heterocycles. The molecule has 0 amide bonds. The van der Waals surface area contributed by atoms with E-state index in [1.165, 1.54) is 20.7 Å². The van der Waals surface area contributed by atoms with Gasteiger partial charge in [-0.1, -0.05) is 88.7 Å². The van der Waals surface area contributed by atoms with E-state index in [9.17, 15) is 16.8 Å². The molecule has 0 spiro atoms. The fourth-order valence-corrected chi connectivity index (χ4v) is 8.16. The lowest BCUT2D eigenvalue weighted by Crippen LogP contribution is -2.34. The second-order valence-electron chi connectivity index (χ2n) is 9.50. The highest BCUT2D eigenvalue weighted by Crippen LogP contribution is 2.38. The summed E-state index contributed by atoms with van der Waals surface area (Å²) in [7, 11) is -7.92. The minimum atomic E-state index is -3.96. The maximum Gasteiger partial charge on any atom is 0.243 e. The van der Waals surface area contributed by atoms with Crippen LogP contribution in [0.2, 0.25) is 10.0 Å². The van der Waals surface area contributed by atoms with E-state index >= 15 is 0 Å². The maximum absolute atomic E-state index is 14.0. The number of benzene rings is 2. The molecule has 38 heavy (non-hydrogen) atoms. The first-order valence-electron chi connectivity index (χ1n) is 13.6. The second kappa shape index (κ2) is 15.6. The minimum Gasteiger partial charge on any atom is -0.207 e. The van der Waals surface area contributed by atoms with E-state index in [0.717, 1.165) is 51.4 Å². The van der Waals surface area contributed by atoms with Gasteiger partial charge < -0.3 is 0 Å². The number of hydrogen-bond donors (Lipinski definition) is 0. The molecule has 0 N–H and O–H groups in total. The van der Waals surface area contributed by atoms with Crippen molar-refractivity contribution in [3.8, 4) is 11.1 Å². The molecule has 0 radical (unpaired) electrons. The number of unbranched alkanes of at least 4 members (excludes halogenated alkanes) is 4. The van der Waals surface area contributed by atoms with Crippen LogP contribution in [0.3, 0.4) is 0 Å². The van der Waals surface area contributed by atoms with Gasteiger partial charge in [0.25, 0.3) is 0 Å². The first-order valence-corrected chi connectivity index (χ1v) is 17.3. The van der Waals surface area contributed by atoms with Crippen molar-refractivity contribution < 1.29 is 16.8 Å². The standard InChI is InChI=1S/C28H42Cl2N2O4S2/c1-5-9-17-31(18-10-6-2)37(33,34)27-21-23(29)13-15-25(27)26-16-14-24(30)22-28(26)38(35,36)32(19-11-7-3)20-12-8-4/h13-16,21-22H,5-12,17-20H2,1-4H3. The van der Waals surface area contributed by atoms with Gasteiger partial charge in [-0.15, -0.1) is 0 Å². The first-order chi connectivity index (χ1) is 18.0. The fraction of sp³-hybridized carbons (Fsp3) is 0.571. The zero-order chi connectivity index (χ0) is 28.3. The molecule has 0 aliphatic rings. The van der Waals surface area contributed by atoms with Crippen LogP contribution in [0.5, 0.6) is 0 Å². The van der Waals surface area contributed by atoms with E-state index in [4.69, 9.17) is 23.2 Å². The Hall–Kier alpha value is -1.16. The highest BCUT2D eigenvalue weighted by molar-refractivity contribution is 7.89. The SMILES string of the molecule is CCCCN(CCCC)S(=O)(=O)c1cc(Cl)ccc1-c1ccc(Cl)cc1S(=O)(=O)N(CCCC)CCCC. The molecule has 214 valence electrons. The zero-order valence-corrected chi connectivity index (χ0v) is 26.2. The van der Waals surface area contributed by atoms with Gasteiger partial charge in [0.2, 0.25) is 20.0 Å². The first kappa shape index (κ1) is 33.0. The van der Waals surface area contributed by atoms with Crippen LogP contribution >= 0.6 is 23.2 Å². The average Bonchev–Trinajstić information content (AvgIpc) is 2.88. The molecule has 0 saturated heterocycles. The van der Waals surface area contributed by atoms with Crippen molar-refractivity contribution in [2.45, 2.75) is 88.9 Å². The summed E-state index contributed by atoms with van der Waals surface area (Å²) >= 11 is 12.6. The van der Waals surface area contributed by atoms with Gasteiger partial charge in [0.05, 0.1) is 9.79 Å². The molecule has 0 aliphatic carbocycles. The lowest BCUT2D eigenvalue weighted by Gasteiger charge is -2.26. The Kier molecular flexibility index (Phi) is 13.6. The van der Waals surface area contributed by atoms with Gasteiger partial charge in [-0.05, 0) is 49.9 Å². The van der Waals surface area contributed by atoms with Crippen LogP contribution in [0, 0.1) is 0 Å². The van der Waals surface area contributed by atoms with Crippen LogP contribution in [-0.4, -0.2) is 51.6 Å². The number of sulfonamides is 2. The molecular formula is C28H42Cl2N2O4S2. The molecule has 10 heteroatoms. The van der Waals surface area contributed by atoms with Crippen LogP contribution < -0.4 is 0 Å². The summed E-state index contributed by atoms with van der Waals surface area (Å²) in [6, 6.07) is 9.22. The summed E-state index contributed by atoms with van der Waals surface area (Å²) < 4.78 is 59.1. The van der Waals surface area contributed by atoms with Crippen LogP contribution in [0.25, 0.3) is 11.1 Å². The van der Waals surface area contributed by atoms with Gasteiger partial charge in [-0.3, -0.25) is 0 Å². The summed E-state index contributed by atoms with van der Waals surface area (Å²) in [6.07, 6.45) is 6.31. The third-order valence-corrected chi connectivity index (χ3v) is 10.8. The highest BCUT2D eigenvalue weighted by atomic mass is 35.5. The number of hydrogen-bond acceptors (Lipinski definition) is 4. The van der Waals surface area contributed by atoms with E-state index in [1.807, 2.05) is 27.7 Å². The molecule has 2 aromatic carbocycles. The van der Waals surface area contributed by atoms with Crippen molar-refractivity contribution in [1.82, 2.24) is 8.61 Å². The second-order valence-corrected chi connectivity index (χ2v) is 14.2. The van der Waals surface area contributed by atoms with Crippen molar-refractivity contribution >= 4 is 43.2 Å². The quantitative estimate of drug-likeness (QED) is 0.184. The number of nitrogens with zero attached hydrogens (tertiary/aromatic N) is 2. The molecule has 0 unspecified atom stereocenters. The minimum absolute atomic E-state index is 0.00430. The normalized spacial score (nSPS) is 12.5. The average molecular weight is 606 g/mol.